The molecule has 7 nitrogen and oxygen atoms in total. The van der Waals surface area contributed by atoms with Crippen molar-refractivity contribution in [3.8, 4) is 11.6 Å². The molecule has 0 saturated heterocycles. The second-order valence-corrected chi connectivity index (χ2v) is 8.52. The van der Waals surface area contributed by atoms with Crippen molar-refractivity contribution >= 4 is 21.4 Å². The van der Waals surface area contributed by atoms with Gasteiger partial charge in [-0.1, -0.05) is 6.07 Å². The van der Waals surface area contributed by atoms with E-state index in [1.165, 1.54) is 18.2 Å². The van der Waals surface area contributed by atoms with Gasteiger partial charge in [-0.05, 0) is 24.3 Å². The Morgan fingerprint density at radius 2 is 1.64 bits per heavy atom. The molecule has 1 N–H and O–H groups in total. The average Bonchev–Trinajstić information content (AvgIpc) is 2.71. The summed E-state index contributed by atoms with van der Waals surface area (Å²) in [5.74, 6) is -7.97. The zero-order chi connectivity index (χ0) is 24.6. The van der Waals surface area contributed by atoms with Crippen molar-refractivity contribution in [3.05, 3.63) is 71.2 Å². The third-order valence-corrected chi connectivity index (χ3v) is 5.10. The van der Waals surface area contributed by atoms with Crippen molar-refractivity contribution in [3.63, 3.8) is 0 Å². The van der Waals surface area contributed by atoms with Crippen molar-refractivity contribution < 1.29 is 44.3 Å². The lowest BCUT2D eigenvalue weighted by Gasteiger charge is -2.13. The molecule has 0 aliphatic rings. The number of hydrogen-bond donors (Lipinski definition) is 1. The Morgan fingerprint density at radius 3 is 2.21 bits per heavy atom. The van der Waals surface area contributed by atoms with Crippen LogP contribution in [0.5, 0.6) is 11.6 Å². The van der Waals surface area contributed by atoms with Crippen LogP contribution >= 0.6 is 0 Å². The summed E-state index contributed by atoms with van der Waals surface area (Å²) in [4.78, 5) is 12.5. The molecule has 0 bridgehead atoms. The molecule has 174 valence electrons. The van der Waals surface area contributed by atoms with Crippen LogP contribution in [0, 0.1) is 17.5 Å². The van der Waals surface area contributed by atoms with E-state index in [9.17, 15) is 39.6 Å². The van der Waals surface area contributed by atoms with E-state index >= 15 is 0 Å². The van der Waals surface area contributed by atoms with Gasteiger partial charge in [-0.15, -0.1) is 10.2 Å². The largest absolute Gasteiger partial charge is 0.437 e. The number of anilines is 1. The van der Waals surface area contributed by atoms with Gasteiger partial charge in [-0.25, -0.2) is 21.6 Å². The summed E-state index contributed by atoms with van der Waals surface area (Å²) >= 11 is 0. The Hall–Kier alpha value is -3.68. The summed E-state index contributed by atoms with van der Waals surface area (Å²) < 4.78 is 108. The summed E-state index contributed by atoms with van der Waals surface area (Å²) in [6, 6.07) is 5.86. The molecular formula is C19H11F6N3O4S. The number of ether oxygens (including phenoxy) is 1. The summed E-state index contributed by atoms with van der Waals surface area (Å²) in [6.45, 7) is 0. The van der Waals surface area contributed by atoms with Crippen LogP contribution in [0.4, 0.5) is 32.0 Å². The molecule has 14 heteroatoms. The maximum atomic E-state index is 13.4. The smallest absolute Gasteiger partial charge is 0.435 e. The predicted octanol–water partition coefficient (Wildman–Crippen LogP) is 4.36. The van der Waals surface area contributed by atoms with E-state index in [1.54, 1.807) is 0 Å². The molecule has 0 aliphatic carbocycles. The lowest BCUT2D eigenvalue weighted by molar-refractivity contribution is -0.141. The molecule has 3 rings (SSSR count). The van der Waals surface area contributed by atoms with Gasteiger partial charge in [0.15, 0.2) is 33.0 Å². The number of rotatable bonds is 5. The van der Waals surface area contributed by atoms with Gasteiger partial charge in [-0.2, -0.15) is 13.2 Å². The molecule has 0 atom stereocenters. The Bertz CT molecular complexity index is 1320. The van der Waals surface area contributed by atoms with Crippen LogP contribution < -0.4 is 10.1 Å². The summed E-state index contributed by atoms with van der Waals surface area (Å²) in [5.41, 5.74) is -2.54. The highest BCUT2D eigenvalue weighted by atomic mass is 32.2. The monoisotopic (exact) mass is 491 g/mol. The summed E-state index contributed by atoms with van der Waals surface area (Å²) in [5, 5.41) is 8.22. The first-order valence-electron chi connectivity index (χ1n) is 8.64. The summed E-state index contributed by atoms with van der Waals surface area (Å²) in [7, 11) is -3.66. The second kappa shape index (κ2) is 8.69. The maximum absolute atomic E-state index is 13.4. The molecule has 0 saturated carbocycles. The van der Waals surface area contributed by atoms with Gasteiger partial charge in [0.1, 0.15) is 11.3 Å². The van der Waals surface area contributed by atoms with Gasteiger partial charge in [0, 0.05) is 24.1 Å². The third-order valence-electron chi connectivity index (χ3n) is 3.99. The number of aromatic nitrogens is 2. The number of alkyl halides is 3. The van der Waals surface area contributed by atoms with E-state index in [1.807, 2.05) is 0 Å². The summed E-state index contributed by atoms with van der Waals surface area (Å²) in [6.07, 6.45) is -4.10. The number of carbonyl (C=O) groups is 1. The van der Waals surface area contributed by atoms with Crippen LogP contribution in [0.3, 0.4) is 0 Å². The molecule has 33 heavy (non-hydrogen) atoms. The number of carbonyl (C=O) groups excluding carboxylic acids is 1. The molecule has 0 aliphatic heterocycles. The van der Waals surface area contributed by atoms with Gasteiger partial charge < -0.3 is 10.1 Å². The van der Waals surface area contributed by atoms with Gasteiger partial charge in [0.2, 0.25) is 0 Å². The SMILES string of the molecule is CS(=O)(=O)c1cccc(NC(=O)c2cc(C(F)(F)F)nnc2Oc2cc(F)c(F)c(F)c2)c1. The fourth-order valence-corrected chi connectivity index (χ4v) is 3.13. The Morgan fingerprint density at radius 1 is 1.00 bits per heavy atom. The van der Waals surface area contributed by atoms with Crippen LogP contribution in [-0.4, -0.2) is 30.8 Å². The quantitative estimate of drug-likeness (QED) is 0.421. The minimum Gasteiger partial charge on any atom is -0.437 e. The number of halogens is 6. The Balaban J connectivity index is 2.02. The first-order valence-corrected chi connectivity index (χ1v) is 10.5. The van der Waals surface area contributed by atoms with Crippen molar-refractivity contribution in [2.75, 3.05) is 11.6 Å². The average molecular weight is 491 g/mol. The minimum atomic E-state index is -5.01. The number of nitrogens with one attached hydrogen (secondary N) is 1. The van der Waals surface area contributed by atoms with Crippen LogP contribution in [0.25, 0.3) is 0 Å². The normalized spacial score (nSPS) is 11.8. The van der Waals surface area contributed by atoms with Gasteiger partial charge in [0.25, 0.3) is 11.8 Å². The molecule has 1 aromatic heterocycles. The molecule has 3 aromatic rings. The van der Waals surface area contributed by atoms with Crippen LogP contribution in [0.2, 0.25) is 0 Å². The zero-order valence-electron chi connectivity index (χ0n) is 16.2. The molecule has 0 radical (unpaired) electrons. The number of benzene rings is 2. The first kappa shape index (κ1) is 24.0. The van der Waals surface area contributed by atoms with E-state index in [0.717, 1.165) is 12.3 Å². The zero-order valence-corrected chi connectivity index (χ0v) is 17.1. The highest BCUT2D eigenvalue weighted by Gasteiger charge is 2.35. The second-order valence-electron chi connectivity index (χ2n) is 6.50. The third kappa shape index (κ3) is 5.58. The van der Waals surface area contributed by atoms with Crippen molar-refractivity contribution in [1.29, 1.82) is 0 Å². The van der Waals surface area contributed by atoms with E-state index in [-0.39, 0.29) is 16.6 Å². The topological polar surface area (TPSA) is 98.2 Å². The fourth-order valence-electron chi connectivity index (χ4n) is 2.46. The molecule has 0 unspecified atom stereocenters. The lowest BCUT2D eigenvalue weighted by Crippen LogP contribution is -2.18. The fraction of sp³-hybridized carbons (Fsp3) is 0.105. The number of nitrogens with zero attached hydrogens (tertiary/aromatic N) is 2. The maximum Gasteiger partial charge on any atom is 0.435 e. The first-order chi connectivity index (χ1) is 15.3. The molecule has 1 heterocycles. The van der Waals surface area contributed by atoms with Gasteiger partial charge >= 0.3 is 6.18 Å². The van der Waals surface area contributed by atoms with E-state index < -0.39 is 62.3 Å². The van der Waals surface area contributed by atoms with Crippen LogP contribution in [-0.2, 0) is 16.0 Å². The van der Waals surface area contributed by atoms with Crippen LogP contribution in [0.1, 0.15) is 16.1 Å². The van der Waals surface area contributed by atoms with Crippen LogP contribution in [0.15, 0.2) is 47.4 Å². The molecule has 0 fully saturated rings. The number of amides is 1. The number of hydrogen-bond acceptors (Lipinski definition) is 6. The van der Waals surface area contributed by atoms with Crippen molar-refractivity contribution in [2.24, 2.45) is 0 Å². The molecular weight excluding hydrogens is 480 g/mol. The molecule has 1 amide bonds. The van der Waals surface area contributed by atoms with Gasteiger partial charge in [-0.3, -0.25) is 4.79 Å². The highest BCUT2D eigenvalue weighted by Crippen LogP contribution is 2.32. The molecule has 0 spiro atoms. The van der Waals surface area contributed by atoms with E-state index in [4.69, 9.17) is 4.74 Å². The molecule has 2 aromatic carbocycles. The van der Waals surface area contributed by atoms with E-state index in [0.29, 0.717) is 12.1 Å². The Kier molecular flexibility index (Phi) is 6.31. The van der Waals surface area contributed by atoms with Crippen molar-refractivity contribution in [2.45, 2.75) is 11.1 Å². The highest BCUT2D eigenvalue weighted by molar-refractivity contribution is 7.90. The standard InChI is InChI=1S/C19H11F6N3O4S/c1-33(30,31)11-4-2-3-9(5-11)26-17(29)12-8-15(19(23,24)25)27-28-18(12)32-10-6-13(20)16(22)14(21)7-10/h2-8H,1H3,(H,26,29). The Labute approximate surface area is 181 Å². The van der Waals surface area contributed by atoms with E-state index in [2.05, 4.69) is 15.5 Å². The minimum absolute atomic E-state index is 0.0990. The predicted molar refractivity (Wildman–Crippen MR) is 101 cm³/mol. The van der Waals surface area contributed by atoms with Gasteiger partial charge in [0.05, 0.1) is 4.90 Å². The number of sulfone groups is 1. The lowest BCUT2D eigenvalue weighted by atomic mass is 10.2. The van der Waals surface area contributed by atoms with Crippen molar-refractivity contribution in [1.82, 2.24) is 10.2 Å².